The van der Waals surface area contributed by atoms with E-state index in [2.05, 4.69) is 10.00 Å². The van der Waals surface area contributed by atoms with E-state index in [1.165, 1.54) is 12.8 Å². The normalized spacial score (nSPS) is 20.6. The topological polar surface area (TPSA) is 61.7 Å². The molecule has 2 saturated heterocycles. The third-order valence-corrected chi connectivity index (χ3v) is 5.38. The number of aryl methyl sites for hydroxylation is 1. The third-order valence-electron chi connectivity index (χ3n) is 5.38. The maximum absolute atomic E-state index is 12.8. The van der Waals surface area contributed by atoms with E-state index < -0.39 is 0 Å². The number of rotatable bonds is 4. The first-order valence-electron chi connectivity index (χ1n) is 9.45. The molecule has 138 valence electrons. The van der Waals surface area contributed by atoms with E-state index in [1.54, 1.807) is 16.9 Å². The Bertz CT molecular complexity index is 608. The van der Waals surface area contributed by atoms with Crippen LogP contribution in [-0.2, 0) is 11.3 Å². The standard InChI is InChI=1S/C18H29N5O2/c1-3-23-16(7-8-19-23)18(25)22-12-6-11-21(13-14-22)17(24)15(2)20-9-4-5-10-20/h7-8,15H,3-6,9-14H2,1-2H3. The molecule has 1 atom stereocenters. The predicted octanol–water partition coefficient (Wildman–Crippen LogP) is 1.06. The van der Waals surface area contributed by atoms with Crippen LogP contribution in [0.2, 0.25) is 0 Å². The zero-order chi connectivity index (χ0) is 17.8. The van der Waals surface area contributed by atoms with Crippen molar-refractivity contribution in [3.05, 3.63) is 18.0 Å². The molecule has 2 fully saturated rings. The van der Waals surface area contributed by atoms with Crippen molar-refractivity contribution in [2.75, 3.05) is 39.3 Å². The average Bonchev–Trinajstić information content (AvgIpc) is 3.27. The minimum absolute atomic E-state index is 0.0150. The second-order valence-electron chi connectivity index (χ2n) is 6.92. The molecule has 0 bridgehead atoms. The van der Waals surface area contributed by atoms with Crippen LogP contribution in [0.1, 0.15) is 43.6 Å². The molecule has 3 rings (SSSR count). The fourth-order valence-electron chi connectivity index (χ4n) is 3.82. The molecule has 0 radical (unpaired) electrons. The molecule has 1 aromatic rings. The molecule has 0 aromatic carbocycles. The van der Waals surface area contributed by atoms with Gasteiger partial charge in [-0.3, -0.25) is 19.2 Å². The van der Waals surface area contributed by atoms with Crippen LogP contribution in [0.4, 0.5) is 0 Å². The number of hydrogen-bond acceptors (Lipinski definition) is 4. The van der Waals surface area contributed by atoms with Crippen LogP contribution < -0.4 is 0 Å². The minimum atomic E-state index is -0.0497. The Labute approximate surface area is 149 Å². The van der Waals surface area contributed by atoms with Crippen molar-refractivity contribution in [3.8, 4) is 0 Å². The Morgan fingerprint density at radius 1 is 1.04 bits per heavy atom. The molecule has 2 aliphatic rings. The van der Waals surface area contributed by atoms with Crippen molar-refractivity contribution in [1.82, 2.24) is 24.5 Å². The number of likely N-dealkylation sites (tertiary alicyclic amines) is 1. The number of amides is 2. The van der Waals surface area contributed by atoms with Crippen molar-refractivity contribution < 1.29 is 9.59 Å². The van der Waals surface area contributed by atoms with Crippen molar-refractivity contribution in [3.63, 3.8) is 0 Å². The highest BCUT2D eigenvalue weighted by Gasteiger charge is 2.30. The molecule has 7 heteroatoms. The minimum Gasteiger partial charge on any atom is -0.340 e. The summed E-state index contributed by atoms with van der Waals surface area (Å²) < 4.78 is 1.73. The Morgan fingerprint density at radius 3 is 2.44 bits per heavy atom. The van der Waals surface area contributed by atoms with E-state index in [9.17, 15) is 9.59 Å². The quantitative estimate of drug-likeness (QED) is 0.817. The summed E-state index contributed by atoms with van der Waals surface area (Å²) in [6.45, 7) is 9.34. The Morgan fingerprint density at radius 2 is 1.72 bits per heavy atom. The van der Waals surface area contributed by atoms with Crippen LogP contribution in [0, 0.1) is 0 Å². The van der Waals surface area contributed by atoms with Gasteiger partial charge in [0.2, 0.25) is 5.91 Å². The fourth-order valence-corrected chi connectivity index (χ4v) is 3.82. The monoisotopic (exact) mass is 347 g/mol. The maximum Gasteiger partial charge on any atom is 0.272 e. The Kier molecular flexibility index (Phi) is 5.73. The van der Waals surface area contributed by atoms with E-state index in [4.69, 9.17) is 0 Å². The summed E-state index contributed by atoms with van der Waals surface area (Å²) in [5.74, 6) is 0.219. The first kappa shape index (κ1) is 17.9. The molecular weight excluding hydrogens is 318 g/mol. The van der Waals surface area contributed by atoms with Gasteiger partial charge in [-0.1, -0.05) is 0 Å². The highest BCUT2D eigenvalue weighted by molar-refractivity contribution is 5.92. The molecule has 0 spiro atoms. The molecule has 1 unspecified atom stereocenters. The summed E-state index contributed by atoms with van der Waals surface area (Å²) in [5.41, 5.74) is 0.632. The first-order valence-corrected chi connectivity index (χ1v) is 9.45. The highest BCUT2D eigenvalue weighted by Crippen LogP contribution is 2.15. The Hall–Kier alpha value is -1.89. The summed E-state index contributed by atoms with van der Waals surface area (Å²) in [4.78, 5) is 31.6. The summed E-state index contributed by atoms with van der Waals surface area (Å²) >= 11 is 0. The van der Waals surface area contributed by atoms with Crippen molar-refractivity contribution in [2.45, 2.75) is 45.7 Å². The van der Waals surface area contributed by atoms with Crippen LogP contribution >= 0.6 is 0 Å². The van der Waals surface area contributed by atoms with Gasteiger partial charge in [0, 0.05) is 38.9 Å². The number of carbonyl (C=O) groups is 2. The van der Waals surface area contributed by atoms with Gasteiger partial charge in [0.1, 0.15) is 5.69 Å². The van der Waals surface area contributed by atoms with Crippen LogP contribution in [-0.4, -0.2) is 81.6 Å². The average molecular weight is 347 g/mol. The molecule has 0 N–H and O–H groups in total. The van der Waals surface area contributed by atoms with Gasteiger partial charge in [0.05, 0.1) is 6.04 Å². The molecule has 2 aliphatic heterocycles. The number of carbonyl (C=O) groups excluding carboxylic acids is 2. The van der Waals surface area contributed by atoms with E-state index in [-0.39, 0.29) is 17.9 Å². The van der Waals surface area contributed by atoms with Gasteiger partial charge in [-0.25, -0.2) is 0 Å². The number of nitrogens with zero attached hydrogens (tertiary/aromatic N) is 5. The zero-order valence-electron chi connectivity index (χ0n) is 15.4. The smallest absolute Gasteiger partial charge is 0.272 e. The highest BCUT2D eigenvalue weighted by atomic mass is 16.2. The summed E-state index contributed by atoms with van der Waals surface area (Å²) in [7, 11) is 0. The zero-order valence-corrected chi connectivity index (χ0v) is 15.4. The molecule has 2 amide bonds. The SMILES string of the molecule is CCn1nccc1C(=O)N1CCCN(C(=O)C(C)N2CCCC2)CC1. The number of hydrogen-bond donors (Lipinski definition) is 0. The summed E-state index contributed by atoms with van der Waals surface area (Å²) in [6.07, 6.45) is 4.86. The lowest BCUT2D eigenvalue weighted by Gasteiger charge is -2.29. The molecule has 3 heterocycles. The molecule has 1 aromatic heterocycles. The third kappa shape index (κ3) is 3.86. The van der Waals surface area contributed by atoms with Crippen LogP contribution in [0.5, 0.6) is 0 Å². The van der Waals surface area contributed by atoms with Gasteiger partial charge in [-0.2, -0.15) is 5.10 Å². The second kappa shape index (κ2) is 7.99. The largest absolute Gasteiger partial charge is 0.340 e. The lowest BCUT2D eigenvalue weighted by atomic mass is 10.2. The first-order chi connectivity index (χ1) is 12.1. The van der Waals surface area contributed by atoms with E-state index in [0.29, 0.717) is 31.9 Å². The van der Waals surface area contributed by atoms with E-state index >= 15 is 0 Å². The van der Waals surface area contributed by atoms with Crippen LogP contribution in [0.15, 0.2) is 12.3 Å². The van der Waals surface area contributed by atoms with E-state index in [0.717, 1.165) is 26.1 Å². The van der Waals surface area contributed by atoms with E-state index in [1.807, 2.05) is 23.6 Å². The van der Waals surface area contributed by atoms with Gasteiger partial charge in [0.15, 0.2) is 0 Å². The molecule has 0 aliphatic carbocycles. The van der Waals surface area contributed by atoms with Crippen LogP contribution in [0.25, 0.3) is 0 Å². The second-order valence-corrected chi connectivity index (χ2v) is 6.92. The Balaban J connectivity index is 1.60. The van der Waals surface area contributed by atoms with Crippen molar-refractivity contribution >= 4 is 11.8 Å². The van der Waals surface area contributed by atoms with Crippen molar-refractivity contribution in [2.24, 2.45) is 0 Å². The lowest BCUT2D eigenvalue weighted by molar-refractivity contribution is -0.135. The van der Waals surface area contributed by atoms with Crippen molar-refractivity contribution in [1.29, 1.82) is 0 Å². The molecule has 0 saturated carbocycles. The predicted molar refractivity (Wildman–Crippen MR) is 95.3 cm³/mol. The summed E-state index contributed by atoms with van der Waals surface area (Å²) in [6, 6.07) is 1.72. The van der Waals surface area contributed by atoms with Crippen LogP contribution in [0.3, 0.4) is 0 Å². The van der Waals surface area contributed by atoms with Gasteiger partial charge in [0.25, 0.3) is 5.91 Å². The van der Waals surface area contributed by atoms with Gasteiger partial charge < -0.3 is 9.80 Å². The van der Waals surface area contributed by atoms with Gasteiger partial charge >= 0.3 is 0 Å². The molecule has 25 heavy (non-hydrogen) atoms. The van der Waals surface area contributed by atoms with Gasteiger partial charge in [-0.15, -0.1) is 0 Å². The fraction of sp³-hybridized carbons (Fsp3) is 0.722. The molecule has 7 nitrogen and oxygen atoms in total. The molecular formula is C18H29N5O2. The number of aromatic nitrogens is 2. The van der Waals surface area contributed by atoms with Gasteiger partial charge in [-0.05, 0) is 52.3 Å². The maximum atomic E-state index is 12.8. The summed E-state index contributed by atoms with van der Waals surface area (Å²) in [5, 5.41) is 4.18. The lowest BCUT2D eigenvalue weighted by Crippen LogP contribution is -2.47.